The van der Waals surface area contributed by atoms with Crippen LogP contribution in [0.2, 0.25) is 0 Å². The second-order valence-electron chi connectivity index (χ2n) is 9.70. The Kier molecular flexibility index (Phi) is 7.41. The van der Waals surface area contributed by atoms with E-state index < -0.39 is 15.8 Å². The Morgan fingerprint density at radius 3 is 1.55 bits per heavy atom. The van der Waals surface area contributed by atoms with Gasteiger partial charge in [-0.15, -0.1) is 0 Å². The van der Waals surface area contributed by atoms with Crippen LogP contribution >= 0.6 is 27.6 Å². The molecule has 0 amide bonds. The van der Waals surface area contributed by atoms with Gasteiger partial charge >= 0.3 is 0 Å². The molecule has 1 heterocycles. The Hall–Kier alpha value is -3.41. The fourth-order valence-electron chi connectivity index (χ4n) is 5.38. The van der Waals surface area contributed by atoms with Crippen LogP contribution in [0, 0.1) is 0 Å². The predicted octanol–water partition coefficient (Wildman–Crippen LogP) is 7.95. The zero-order chi connectivity index (χ0) is 26.7. The van der Waals surface area contributed by atoms with Crippen molar-refractivity contribution in [3.63, 3.8) is 0 Å². The third-order valence-corrected chi connectivity index (χ3v) is 13.3. The number of fused-ring (bicyclic) bond motifs is 2. The highest BCUT2D eigenvalue weighted by Gasteiger charge is 2.33. The van der Waals surface area contributed by atoms with Crippen molar-refractivity contribution in [2.75, 3.05) is 0 Å². The monoisotopic (exact) mass is 570 g/mol. The Bertz CT molecular complexity index is 1600. The van der Waals surface area contributed by atoms with E-state index in [9.17, 15) is 0 Å². The first-order chi connectivity index (χ1) is 19.9. The second-order valence-corrected chi connectivity index (χ2v) is 15.2. The van der Waals surface area contributed by atoms with Crippen molar-refractivity contribution in [3.05, 3.63) is 162 Å². The number of hydrogen-bond donors (Lipinski definition) is 0. The molecular weight excluding hydrogens is 542 g/mol. The van der Waals surface area contributed by atoms with E-state index in [2.05, 4.69) is 146 Å². The fourth-order valence-corrected chi connectivity index (χ4v) is 11.6. The van der Waals surface area contributed by atoms with E-state index in [4.69, 9.17) is 4.74 Å². The van der Waals surface area contributed by atoms with E-state index in [0.717, 1.165) is 24.4 Å². The van der Waals surface area contributed by atoms with Crippen molar-refractivity contribution in [2.45, 2.75) is 17.7 Å². The van der Waals surface area contributed by atoms with Gasteiger partial charge in [-0.25, -0.2) is 0 Å². The number of benzene rings is 5. The lowest BCUT2D eigenvalue weighted by Crippen LogP contribution is -2.25. The molecule has 4 heteroatoms. The normalized spacial score (nSPS) is 14.4. The smallest absolute Gasteiger partial charge is 0.149 e. The second kappa shape index (κ2) is 11.6. The Labute approximate surface area is 243 Å². The summed E-state index contributed by atoms with van der Waals surface area (Å²) in [4.78, 5) is 2.46. The van der Waals surface area contributed by atoms with Gasteiger partial charge in [0.15, 0.2) is 0 Å². The van der Waals surface area contributed by atoms with Crippen LogP contribution < -0.4 is 31.3 Å². The van der Waals surface area contributed by atoms with Crippen LogP contribution in [0.3, 0.4) is 0 Å². The average Bonchev–Trinajstić information content (AvgIpc) is 3.03. The summed E-state index contributed by atoms with van der Waals surface area (Å²) in [7, 11) is -1.49. The van der Waals surface area contributed by atoms with Gasteiger partial charge in [-0.1, -0.05) is 151 Å². The zero-order valence-corrected chi connectivity index (χ0v) is 24.6. The molecular formula is C36H28OP2S. The van der Waals surface area contributed by atoms with Crippen LogP contribution in [0.25, 0.3) is 0 Å². The summed E-state index contributed by atoms with van der Waals surface area (Å²) in [6.07, 6.45) is 4.43. The highest BCUT2D eigenvalue weighted by molar-refractivity contribution is 8.03. The van der Waals surface area contributed by atoms with Crippen molar-refractivity contribution in [3.8, 4) is 5.75 Å². The van der Waals surface area contributed by atoms with Crippen molar-refractivity contribution >= 4 is 54.1 Å². The topological polar surface area (TPSA) is 9.23 Å². The molecule has 194 valence electrons. The van der Waals surface area contributed by atoms with Gasteiger partial charge in [0.05, 0.1) is 9.80 Å². The summed E-state index contributed by atoms with van der Waals surface area (Å²) in [6, 6.07) is 50.5. The first kappa shape index (κ1) is 25.6. The van der Waals surface area contributed by atoms with Gasteiger partial charge in [0, 0.05) is 10.6 Å². The number of allylic oxidation sites excluding steroid dienone is 2. The molecule has 7 rings (SSSR count). The quantitative estimate of drug-likeness (QED) is 0.192. The van der Waals surface area contributed by atoms with Gasteiger partial charge in [-0.3, -0.25) is 0 Å². The average molecular weight is 571 g/mol. The minimum atomic E-state index is -0.778. The summed E-state index contributed by atoms with van der Waals surface area (Å²) in [5.74, 6) is 2.10. The summed E-state index contributed by atoms with van der Waals surface area (Å²) in [5, 5.41) is 8.12. The van der Waals surface area contributed by atoms with Crippen LogP contribution in [0.1, 0.15) is 12.8 Å². The lowest BCUT2D eigenvalue weighted by Gasteiger charge is -2.33. The highest BCUT2D eigenvalue weighted by Crippen LogP contribution is 2.56. The maximum Gasteiger partial charge on any atom is 0.149 e. The first-order valence-corrected chi connectivity index (χ1v) is 17.1. The fraction of sp³-hybridized carbons (Fsp3) is 0.0556. The summed E-state index contributed by atoms with van der Waals surface area (Å²) in [6.45, 7) is 0. The molecule has 1 aliphatic heterocycles. The molecule has 0 N–H and O–H groups in total. The van der Waals surface area contributed by atoms with Crippen LogP contribution in [-0.4, -0.2) is 0 Å². The van der Waals surface area contributed by atoms with Crippen LogP contribution in [0.5, 0.6) is 5.75 Å². The van der Waals surface area contributed by atoms with E-state index in [1.54, 1.807) is 0 Å². The molecule has 0 unspecified atom stereocenters. The van der Waals surface area contributed by atoms with E-state index in [-0.39, 0.29) is 0 Å². The summed E-state index contributed by atoms with van der Waals surface area (Å²) < 4.78 is 7.15. The maximum absolute atomic E-state index is 7.15. The summed E-state index contributed by atoms with van der Waals surface area (Å²) in [5.41, 5.74) is 0. The molecule has 0 aromatic heterocycles. The van der Waals surface area contributed by atoms with Crippen molar-refractivity contribution in [2.24, 2.45) is 0 Å². The zero-order valence-electron chi connectivity index (χ0n) is 22.0. The highest BCUT2D eigenvalue weighted by atomic mass is 32.2. The molecule has 0 saturated carbocycles. The minimum Gasteiger partial charge on any atom is -0.454 e. The molecule has 1 nitrogen and oxygen atoms in total. The van der Waals surface area contributed by atoms with Gasteiger partial charge in [0.2, 0.25) is 0 Å². The molecule has 0 bridgehead atoms. The van der Waals surface area contributed by atoms with Gasteiger partial charge in [0.25, 0.3) is 0 Å². The molecule has 0 radical (unpaired) electrons. The molecule has 0 atom stereocenters. The lowest BCUT2D eigenvalue weighted by atomic mass is 10.1. The first-order valence-electron chi connectivity index (χ1n) is 13.6. The third kappa shape index (κ3) is 4.97. The third-order valence-electron chi connectivity index (χ3n) is 7.15. The van der Waals surface area contributed by atoms with Crippen LogP contribution in [-0.2, 0) is 0 Å². The maximum atomic E-state index is 7.15. The molecule has 40 heavy (non-hydrogen) atoms. The van der Waals surface area contributed by atoms with Crippen molar-refractivity contribution < 1.29 is 4.74 Å². The van der Waals surface area contributed by atoms with E-state index >= 15 is 0 Å². The number of hydrogen-bond acceptors (Lipinski definition) is 2. The van der Waals surface area contributed by atoms with Crippen molar-refractivity contribution in [1.29, 1.82) is 0 Å². The molecule has 2 aliphatic rings. The van der Waals surface area contributed by atoms with E-state index in [1.165, 1.54) is 41.6 Å². The molecule has 5 aromatic rings. The predicted molar refractivity (Wildman–Crippen MR) is 175 cm³/mol. The van der Waals surface area contributed by atoms with Crippen molar-refractivity contribution in [1.82, 2.24) is 0 Å². The van der Waals surface area contributed by atoms with E-state index in [1.807, 2.05) is 11.8 Å². The number of para-hydroxylation sites is 1. The van der Waals surface area contributed by atoms with Gasteiger partial charge in [0.1, 0.15) is 11.5 Å². The van der Waals surface area contributed by atoms with Crippen LogP contribution in [0.4, 0.5) is 0 Å². The van der Waals surface area contributed by atoms with E-state index in [0.29, 0.717) is 0 Å². The molecule has 0 saturated heterocycles. The SMILES string of the molecule is C1=C2Sc3cccc(P(c4ccccc4)c4ccccc4)c3OC2=C(P(c2ccccc2)c2ccccc2)CC1. The van der Waals surface area contributed by atoms with Crippen LogP contribution in [0.15, 0.2) is 166 Å². The summed E-state index contributed by atoms with van der Waals surface area (Å²) >= 11 is 1.87. The van der Waals surface area contributed by atoms with Gasteiger partial charge in [-0.2, -0.15) is 0 Å². The Morgan fingerprint density at radius 1 is 0.525 bits per heavy atom. The number of ether oxygens (including phenoxy) is 1. The lowest BCUT2D eigenvalue weighted by molar-refractivity contribution is 0.423. The molecule has 1 aliphatic carbocycles. The standard InChI is InChI=1S/C36H28OP2S/c1-5-15-27(16-6-1)38(28-17-7-2-8-18-28)31-23-13-25-33-35(31)37-36-32(24-14-26-34(36)40-33)39(29-19-9-3-10-20-29)30-21-11-4-12-22-30/h1-13,15-23,25-26H,14,24H2. The Morgan fingerprint density at radius 2 is 1.02 bits per heavy atom. The van der Waals surface area contributed by atoms with Gasteiger partial charge in [-0.05, 0) is 56.0 Å². The number of thioether (sulfide) groups is 1. The Balaban J connectivity index is 1.40. The minimum absolute atomic E-state index is 0.709. The van der Waals surface area contributed by atoms with Gasteiger partial charge < -0.3 is 4.74 Å². The molecule has 0 spiro atoms. The number of rotatable bonds is 6. The molecule has 0 fully saturated rings. The molecule has 5 aromatic carbocycles. The largest absolute Gasteiger partial charge is 0.454 e.